The Morgan fingerprint density at radius 1 is 1.02 bits per heavy atom. The predicted molar refractivity (Wildman–Crippen MR) is 148 cm³/mol. The molecule has 230 valence electrons. The van der Waals surface area contributed by atoms with E-state index in [2.05, 4.69) is 5.32 Å². The van der Waals surface area contributed by atoms with Crippen LogP contribution in [-0.2, 0) is 49.6 Å². The molecule has 1 aliphatic heterocycles. The third kappa shape index (κ3) is 9.71. The molecule has 0 unspecified atom stereocenters. The predicted octanol–water partition coefficient (Wildman–Crippen LogP) is 2.10. The molecule has 1 aromatic rings. The number of rotatable bonds is 10. The summed E-state index contributed by atoms with van der Waals surface area (Å²) in [7, 11) is 1.08. The van der Waals surface area contributed by atoms with E-state index in [1.165, 1.54) is 5.94 Å². The zero-order chi connectivity index (χ0) is 31.7. The van der Waals surface area contributed by atoms with Crippen LogP contribution in [0.25, 0.3) is 0 Å². The summed E-state index contributed by atoms with van der Waals surface area (Å²) in [4.78, 5) is 84.2. The number of hydrogen-bond donors (Lipinski definition) is 1. The van der Waals surface area contributed by atoms with Crippen LogP contribution in [0.1, 0.15) is 59.9 Å². The van der Waals surface area contributed by atoms with Crippen molar-refractivity contribution in [2.45, 2.75) is 83.8 Å². The standard InChI is InChI=1S/C29H39N3O10/c1-27(2,3)41-26(38)30-21(17-22(34)40-19-20-11-9-8-10-12-20)24(36)31-14-15-32(42-28(4,5)6)25(37)29(31,13-16-33)18-23(35)39-7/h8-13,21H,14-15,17-19H2,1-7H3,(H,30,38)/t21-,29+/m0/s1. The monoisotopic (exact) mass is 589 g/mol. The van der Waals surface area contributed by atoms with Gasteiger partial charge in [-0.25, -0.2) is 14.7 Å². The van der Waals surface area contributed by atoms with Crippen molar-refractivity contribution in [2.24, 2.45) is 0 Å². The summed E-state index contributed by atoms with van der Waals surface area (Å²) in [6, 6.07) is 7.22. The van der Waals surface area contributed by atoms with Gasteiger partial charge in [-0.3, -0.25) is 24.0 Å². The molecule has 2 atom stereocenters. The molecule has 0 saturated carbocycles. The van der Waals surface area contributed by atoms with Crippen LogP contribution in [0.3, 0.4) is 0 Å². The van der Waals surface area contributed by atoms with Gasteiger partial charge in [0.25, 0.3) is 5.91 Å². The maximum absolute atomic E-state index is 14.0. The highest BCUT2D eigenvalue weighted by atomic mass is 16.7. The Balaban J connectivity index is 2.47. The number of carbonyl (C=O) groups is 5. The molecule has 0 aliphatic carbocycles. The fourth-order valence-corrected chi connectivity index (χ4v) is 4.10. The van der Waals surface area contributed by atoms with Crippen molar-refractivity contribution in [2.75, 3.05) is 20.2 Å². The molecule has 0 aromatic heterocycles. The number of alkyl carbamates (subject to hydrolysis) is 1. The molecule has 1 N–H and O–H groups in total. The van der Waals surface area contributed by atoms with E-state index in [0.29, 0.717) is 5.56 Å². The van der Waals surface area contributed by atoms with Crippen LogP contribution in [0.15, 0.2) is 36.4 Å². The van der Waals surface area contributed by atoms with Gasteiger partial charge in [-0.1, -0.05) is 30.3 Å². The first-order chi connectivity index (χ1) is 19.5. The van der Waals surface area contributed by atoms with E-state index in [0.717, 1.165) is 23.1 Å². The Morgan fingerprint density at radius 3 is 2.21 bits per heavy atom. The van der Waals surface area contributed by atoms with Gasteiger partial charge in [-0.15, -0.1) is 0 Å². The molecule has 1 aromatic carbocycles. The Morgan fingerprint density at radius 2 is 1.67 bits per heavy atom. The Bertz CT molecular complexity index is 1200. The minimum absolute atomic E-state index is 0.0888. The van der Waals surface area contributed by atoms with Gasteiger partial charge < -0.3 is 24.4 Å². The normalized spacial score (nSPS) is 17.9. The van der Waals surface area contributed by atoms with Crippen LogP contribution in [0.4, 0.5) is 4.79 Å². The van der Waals surface area contributed by atoms with Crippen LogP contribution in [0, 0.1) is 0 Å². The van der Waals surface area contributed by atoms with Gasteiger partial charge in [-0.2, -0.15) is 0 Å². The zero-order valence-corrected chi connectivity index (χ0v) is 25.1. The van der Waals surface area contributed by atoms with E-state index in [1.54, 1.807) is 71.9 Å². The summed E-state index contributed by atoms with van der Waals surface area (Å²) in [5.74, 6) is -2.09. The van der Waals surface area contributed by atoms with Crippen LogP contribution < -0.4 is 5.32 Å². The number of piperazine rings is 1. The van der Waals surface area contributed by atoms with E-state index in [9.17, 15) is 28.8 Å². The van der Waals surface area contributed by atoms with Crippen LogP contribution in [-0.4, -0.2) is 88.7 Å². The average Bonchev–Trinajstić information content (AvgIpc) is 2.88. The highest BCUT2D eigenvalue weighted by Crippen LogP contribution is 2.31. The second-order valence-electron chi connectivity index (χ2n) is 11.6. The molecule has 2 rings (SSSR count). The quantitative estimate of drug-likeness (QED) is 0.243. The van der Waals surface area contributed by atoms with E-state index >= 15 is 0 Å². The summed E-state index contributed by atoms with van der Waals surface area (Å²) >= 11 is 0. The molecular formula is C29H39N3O10. The third-order valence-electron chi connectivity index (χ3n) is 5.80. The van der Waals surface area contributed by atoms with Crippen molar-refractivity contribution in [3.8, 4) is 0 Å². The smallest absolute Gasteiger partial charge is 0.408 e. The SMILES string of the molecule is COC(=O)C[C@]1(C=C=O)C(=O)N(OC(C)(C)C)CCN1C(=O)[C@H](CC(=O)OCc1ccccc1)NC(=O)OC(C)(C)C. The molecule has 3 amide bonds. The lowest BCUT2D eigenvalue weighted by molar-refractivity contribution is -0.244. The molecule has 1 aliphatic rings. The number of ether oxygens (including phenoxy) is 3. The van der Waals surface area contributed by atoms with Crippen LogP contribution in [0.2, 0.25) is 0 Å². The summed E-state index contributed by atoms with van der Waals surface area (Å²) in [5, 5.41) is 3.34. The van der Waals surface area contributed by atoms with Crippen molar-refractivity contribution in [3.63, 3.8) is 0 Å². The molecule has 1 fully saturated rings. The molecule has 0 radical (unpaired) electrons. The lowest BCUT2D eigenvalue weighted by atomic mass is 9.88. The fourth-order valence-electron chi connectivity index (χ4n) is 4.10. The van der Waals surface area contributed by atoms with Gasteiger partial charge in [-0.05, 0) is 47.1 Å². The Kier molecular flexibility index (Phi) is 11.4. The number of hydrogen-bond acceptors (Lipinski definition) is 10. The minimum atomic E-state index is -2.22. The molecular weight excluding hydrogens is 550 g/mol. The van der Waals surface area contributed by atoms with E-state index in [4.69, 9.17) is 19.0 Å². The summed E-state index contributed by atoms with van der Waals surface area (Å²) in [6.07, 6.45) is -1.68. The molecule has 13 nitrogen and oxygen atoms in total. The first-order valence-electron chi connectivity index (χ1n) is 13.3. The van der Waals surface area contributed by atoms with Crippen molar-refractivity contribution in [1.82, 2.24) is 15.3 Å². The van der Waals surface area contributed by atoms with Crippen LogP contribution in [0.5, 0.6) is 0 Å². The molecule has 1 heterocycles. The van der Waals surface area contributed by atoms with Crippen LogP contribution >= 0.6 is 0 Å². The Hall–Kier alpha value is -4.22. The summed E-state index contributed by atoms with van der Waals surface area (Å²) < 4.78 is 15.3. The maximum Gasteiger partial charge on any atom is 0.408 e. The lowest BCUT2D eigenvalue weighted by Crippen LogP contribution is -2.70. The number of nitrogens with zero attached hydrogens (tertiary/aromatic N) is 2. The van der Waals surface area contributed by atoms with Crippen molar-refractivity contribution >= 4 is 35.8 Å². The summed E-state index contributed by atoms with van der Waals surface area (Å²) in [6.45, 7) is 9.44. The van der Waals surface area contributed by atoms with Gasteiger partial charge in [0.1, 0.15) is 24.2 Å². The average molecular weight is 590 g/mol. The zero-order valence-electron chi connectivity index (χ0n) is 25.1. The molecule has 0 spiro atoms. The number of methoxy groups -OCH3 is 1. The lowest BCUT2D eigenvalue weighted by Gasteiger charge is -2.48. The maximum atomic E-state index is 14.0. The molecule has 13 heteroatoms. The van der Waals surface area contributed by atoms with Gasteiger partial charge in [0.2, 0.25) is 5.91 Å². The number of amides is 3. The summed E-state index contributed by atoms with van der Waals surface area (Å²) in [5.41, 5.74) is -3.31. The number of benzene rings is 1. The van der Waals surface area contributed by atoms with Crippen molar-refractivity contribution < 1.29 is 47.8 Å². The van der Waals surface area contributed by atoms with E-state index in [-0.39, 0.29) is 19.7 Å². The largest absolute Gasteiger partial charge is 0.469 e. The topological polar surface area (TPSA) is 158 Å². The van der Waals surface area contributed by atoms with Gasteiger partial charge >= 0.3 is 18.0 Å². The minimum Gasteiger partial charge on any atom is -0.469 e. The van der Waals surface area contributed by atoms with Crippen molar-refractivity contribution in [1.29, 1.82) is 0 Å². The van der Waals surface area contributed by atoms with E-state index in [1.807, 2.05) is 0 Å². The molecule has 42 heavy (non-hydrogen) atoms. The third-order valence-corrected chi connectivity index (χ3v) is 5.80. The number of carbonyl (C=O) groups excluding carboxylic acids is 6. The number of esters is 2. The highest BCUT2D eigenvalue weighted by molar-refractivity contribution is 6.00. The number of nitrogens with one attached hydrogen (secondary N) is 1. The first-order valence-corrected chi connectivity index (χ1v) is 13.3. The molecule has 1 saturated heterocycles. The first kappa shape index (κ1) is 34.0. The molecule has 0 bridgehead atoms. The number of hydroxylamine groups is 2. The van der Waals surface area contributed by atoms with E-state index < -0.39 is 65.5 Å². The van der Waals surface area contributed by atoms with Gasteiger partial charge in [0.05, 0.1) is 32.1 Å². The highest BCUT2D eigenvalue weighted by Gasteiger charge is 2.54. The Labute approximate surface area is 245 Å². The second-order valence-corrected chi connectivity index (χ2v) is 11.6. The van der Waals surface area contributed by atoms with Crippen molar-refractivity contribution in [3.05, 3.63) is 42.0 Å². The van der Waals surface area contributed by atoms with Gasteiger partial charge in [0.15, 0.2) is 5.54 Å². The van der Waals surface area contributed by atoms with Gasteiger partial charge in [0, 0.05) is 12.6 Å². The second kappa shape index (κ2) is 14.1. The fraction of sp³-hybridized carbons (Fsp3) is 0.552.